The Morgan fingerprint density at radius 2 is 2.24 bits per heavy atom. The molecule has 1 aromatic carbocycles. The van der Waals surface area contributed by atoms with Gasteiger partial charge in [-0.25, -0.2) is 0 Å². The first-order valence-corrected chi connectivity index (χ1v) is 6.37. The number of hydrogen-bond acceptors (Lipinski definition) is 4. The Balaban J connectivity index is 2.06. The molecule has 4 heteroatoms. The number of likely N-dealkylation sites (tertiary alicyclic amines) is 1. The van der Waals surface area contributed by atoms with Crippen LogP contribution in [0.3, 0.4) is 0 Å². The number of hydrogen-bond donors (Lipinski definition) is 1. The van der Waals surface area contributed by atoms with Crippen molar-refractivity contribution in [3.8, 4) is 0 Å². The average molecular weight is 250 g/mol. The monoisotopic (exact) mass is 250 g/mol. The molecule has 1 heterocycles. The molecular weight excluding hydrogens is 232 g/mol. The van der Waals surface area contributed by atoms with Crippen LogP contribution in [0.4, 0.5) is 0 Å². The molecule has 0 saturated carbocycles. The summed E-state index contributed by atoms with van der Waals surface area (Å²) in [5.74, 6) is 0. The van der Waals surface area contributed by atoms with Crippen LogP contribution in [-0.4, -0.2) is 42.6 Å². The maximum absolute atomic E-state index is 4.94. The summed E-state index contributed by atoms with van der Waals surface area (Å²) in [5, 5.41) is 4.63. The summed E-state index contributed by atoms with van der Waals surface area (Å²) in [6.45, 7) is 2.94. The van der Waals surface area contributed by atoms with Crippen LogP contribution in [0.25, 0.3) is 0 Å². The zero-order valence-electron chi connectivity index (χ0n) is 10.0. The van der Waals surface area contributed by atoms with E-state index in [1.165, 1.54) is 0 Å². The highest BCUT2D eigenvalue weighted by molar-refractivity contribution is 7.81. The summed E-state index contributed by atoms with van der Waals surface area (Å²) in [4.78, 5) is 7.30. The number of thiol groups is 1. The van der Waals surface area contributed by atoms with Gasteiger partial charge in [0, 0.05) is 23.9 Å². The summed E-state index contributed by atoms with van der Waals surface area (Å²) >= 11 is 4.50. The van der Waals surface area contributed by atoms with Crippen molar-refractivity contribution in [2.75, 3.05) is 26.7 Å². The average Bonchev–Trinajstić information content (AvgIpc) is 2.75. The SMILES string of the molecule is CON=C(CN1CC[C@H](S)C1)c1ccccc1. The summed E-state index contributed by atoms with van der Waals surface area (Å²) in [7, 11) is 1.59. The van der Waals surface area contributed by atoms with E-state index in [1.807, 2.05) is 18.2 Å². The fourth-order valence-corrected chi connectivity index (χ4v) is 2.43. The van der Waals surface area contributed by atoms with Gasteiger partial charge in [0.15, 0.2) is 0 Å². The molecule has 0 spiro atoms. The van der Waals surface area contributed by atoms with Crippen molar-refractivity contribution >= 4 is 18.3 Å². The van der Waals surface area contributed by atoms with Crippen molar-refractivity contribution in [1.82, 2.24) is 4.90 Å². The van der Waals surface area contributed by atoms with Crippen LogP contribution >= 0.6 is 12.6 Å². The van der Waals surface area contributed by atoms with E-state index in [9.17, 15) is 0 Å². The van der Waals surface area contributed by atoms with Crippen LogP contribution < -0.4 is 0 Å². The minimum Gasteiger partial charge on any atom is -0.399 e. The van der Waals surface area contributed by atoms with Gasteiger partial charge in [0.1, 0.15) is 12.8 Å². The predicted molar refractivity (Wildman–Crippen MR) is 73.8 cm³/mol. The first-order valence-electron chi connectivity index (χ1n) is 5.85. The van der Waals surface area contributed by atoms with Gasteiger partial charge in [0.25, 0.3) is 0 Å². The topological polar surface area (TPSA) is 24.8 Å². The summed E-state index contributed by atoms with van der Waals surface area (Å²) in [5.41, 5.74) is 2.10. The van der Waals surface area contributed by atoms with Crippen molar-refractivity contribution in [3.05, 3.63) is 35.9 Å². The third kappa shape index (κ3) is 3.48. The van der Waals surface area contributed by atoms with Gasteiger partial charge >= 0.3 is 0 Å². The lowest BCUT2D eigenvalue weighted by Gasteiger charge is -2.16. The molecule has 0 unspecified atom stereocenters. The molecule has 17 heavy (non-hydrogen) atoms. The van der Waals surface area contributed by atoms with Crippen LogP contribution in [0.2, 0.25) is 0 Å². The van der Waals surface area contributed by atoms with E-state index in [0.29, 0.717) is 5.25 Å². The van der Waals surface area contributed by atoms with E-state index in [0.717, 1.165) is 37.3 Å². The molecule has 2 rings (SSSR count). The van der Waals surface area contributed by atoms with Crippen LogP contribution in [-0.2, 0) is 4.84 Å². The van der Waals surface area contributed by atoms with Crippen LogP contribution in [0.15, 0.2) is 35.5 Å². The lowest BCUT2D eigenvalue weighted by Crippen LogP contribution is -2.28. The Hall–Kier alpha value is -1.00. The lowest BCUT2D eigenvalue weighted by molar-refractivity contribution is 0.211. The summed E-state index contributed by atoms with van der Waals surface area (Å²) < 4.78 is 0. The van der Waals surface area contributed by atoms with Crippen LogP contribution in [0, 0.1) is 0 Å². The van der Waals surface area contributed by atoms with Crippen LogP contribution in [0.5, 0.6) is 0 Å². The maximum Gasteiger partial charge on any atom is 0.106 e. The fraction of sp³-hybridized carbons (Fsp3) is 0.462. The molecule has 0 amide bonds. The van der Waals surface area contributed by atoms with Crippen molar-refractivity contribution in [1.29, 1.82) is 0 Å². The maximum atomic E-state index is 4.94. The fourth-order valence-electron chi connectivity index (χ4n) is 2.08. The zero-order valence-corrected chi connectivity index (χ0v) is 10.9. The van der Waals surface area contributed by atoms with E-state index in [2.05, 4.69) is 34.8 Å². The smallest absolute Gasteiger partial charge is 0.106 e. The lowest BCUT2D eigenvalue weighted by atomic mass is 10.1. The quantitative estimate of drug-likeness (QED) is 0.502. The Morgan fingerprint density at radius 1 is 1.47 bits per heavy atom. The van der Waals surface area contributed by atoms with Crippen molar-refractivity contribution in [3.63, 3.8) is 0 Å². The van der Waals surface area contributed by atoms with Crippen molar-refractivity contribution in [2.24, 2.45) is 5.16 Å². The number of benzene rings is 1. The Morgan fingerprint density at radius 3 is 2.82 bits per heavy atom. The number of rotatable bonds is 4. The number of nitrogens with zero attached hydrogens (tertiary/aromatic N) is 2. The molecule has 0 bridgehead atoms. The number of oxime groups is 1. The Labute approximate surface area is 108 Å². The standard InChI is InChI=1S/C13H18N2OS/c1-16-14-13(11-5-3-2-4-6-11)10-15-8-7-12(17)9-15/h2-6,12,17H,7-10H2,1H3/t12-/m0/s1. The first-order chi connectivity index (χ1) is 8.29. The molecule has 1 aliphatic rings. The highest BCUT2D eigenvalue weighted by Crippen LogP contribution is 2.15. The van der Waals surface area contributed by atoms with Gasteiger partial charge in [-0.05, 0) is 13.0 Å². The highest BCUT2D eigenvalue weighted by Gasteiger charge is 2.21. The van der Waals surface area contributed by atoms with Gasteiger partial charge in [0.2, 0.25) is 0 Å². The third-order valence-electron chi connectivity index (χ3n) is 2.93. The largest absolute Gasteiger partial charge is 0.399 e. The molecule has 0 radical (unpaired) electrons. The predicted octanol–water partition coefficient (Wildman–Crippen LogP) is 2.04. The van der Waals surface area contributed by atoms with Crippen LogP contribution in [0.1, 0.15) is 12.0 Å². The minimum atomic E-state index is 0.495. The van der Waals surface area contributed by atoms with Crippen molar-refractivity contribution in [2.45, 2.75) is 11.7 Å². The Kier molecular flexibility index (Phi) is 4.45. The molecule has 3 nitrogen and oxygen atoms in total. The Bertz CT molecular complexity index is 380. The molecule has 0 aliphatic carbocycles. The van der Waals surface area contributed by atoms with Gasteiger partial charge < -0.3 is 4.84 Å². The second-order valence-corrected chi connectivity index (χ2v) is 4.99. The second kappa shape index (κ2) is 6.07. The second-order valence-electron chi connectivity index (χ2n) is 4.26. The van der Waals surface area contributed by atoms with Gasteiger partial charge in [-0.1, -0.05) is 35.5 Å². The molecule has 1 aromatic rings. The molecule has 1 aliphatic heterocycles. The molecular formula is C13H18N2OS. The molecule has 1 saturated heterocycles. The third-order valence-corrected chi connectivity index (χ3v) is 3.35. The van der Waals surface area contributed by atoms with E-state index < -0.39 is 0 Å². The first kappa shape index (κ1) is 12.5. The molecule has 92 valence electrons. The van der Waals surface area contributed by atoms with Gasteiger partial charge in [0.05, 0.1) is 0 Å². The summed E-state index contributed by atoms with van der Waals surface area (Å²) in [6, 6.07) is 10.2. The highest BCUT2D eigenvalue weighted by atomic mass is 32.1. The van der Waals surface area contributed by atoms with E-state index in [1.54, 1.807) is 7.11 Å². The van der Waals surface area contributed by atoms with Gasteiger partial charge in [-0.3, -0.25) is 4.90 Å². The zero-order chi connectivity index (χ0) is 12.1. The van der Waals surface area contributed by atoms with Gasteiger partial charge in [-0.15, -0.1) is 0 Å². The van der Waals surface area contributed by atoms with Crippen molar-refractivity contribution < 1.29 is 4.84 Å². The van der Waals surface area contributed by atoms with E-state index in [4.69, 9.17) is 4.84 Å². The minimum absolute atomic E-state index is 0.495. The summed E-state index contributed by atoms with van der Waals surface area (Å²) in [6.07, 6.45) is 1.15. The molecule has 0 N–H and O–H groups in total. The molecule has 1 fully saturated rings. The van der Waals surface area contributed by atoms with E-state index >= 15 is 0 Å². The molecule has 0 aromatic heterocycles. The van der Waals surface area contributed by atoms with Gasteiger partial charge in [-0.2, -0.15) is 12.6 Å². The molecule has 1 atom stereocenters. The van der Waals surface area contributed by atoms with E-state index in [-0.39, 0.29) is 0 Å². The normalized spacial score (nSPS) is 21.8.